The molecule has 0 radical (unpaired) electrons. The van der Waals surface area contributed by atoms with Crippen molar-refractivity contribution in [3.05, 3.63) is 82.1 Å². The van der Waals surface area contributed by atoms with Crippen molar-refractivity contribution in [1.29, 1.82) is 0 Å². The van der Waals surface area contributed by atoms with Crippen molar-refractivity contribution >= 4 is 35.0 Å². The van der Waals surface area contributed by atoms with Crippen LogP contribution in [0.1, 0.15) is 17.0 Å². The molecule has 4 nitrogen and oxygen atoms in total. The molecule has 0 aliphatic heterocycles. The van der Waals surface area contributed by atoms with E-state index < -0.39 is 0 Å². The minimum Gasteiger partial charge on any atom is -0.485 e. The zero-order chi connectivity index (χ0) is 19.2. The summed E-state index contributed by atoms with van der Waals surface area (Å²) in [4.78, 5) is 0. The summed E-state index contributed by atoms with van der Waals surface area (Å²) in [5.41, 5.74) is 2.04. The predicted molar refractivity (Wildman–Crippen MR) is 112 cm³/mol. The topological polar surface area (TPSA) is 39.9 Å². The van der Waals surface area contributed by atoms with Crippen LogP contribution in [0.25, 0.3) is 0 Å². The van der Waals surface area contributed by atoms with Gasteiger partial charge in [0.25, 0.3) is 0 Å². The minimum absolute atomic E-state index is 0.315. The molecule has 1 heterocycles. The highest BCUT2D eigenvalue weighted by atomic mass is 35.5. The van der Waals surface area contributed by atoms with Crippen LogP contribution in [0.15, 0.2) is 60.3 Å². The smallest absolute Gasteiger partial charge is 0.191 e. The summed E-state index contributed by atoms with van der Waals surface area (Å²) in [6, 6.07) is 13.3. The molecule has 140 valence electrons. The summed E-state index contributed by atoms with van der Waals surface area (Å²) in [5.74, 6) is 2.23. The first kappa shape index (κ1) is 19.8. The van der Waals surface area contributed by atoms with Crippen molar-refractivity contribution in [2.45, 2.75) is 31.0 Å². The number of aryl methyl sites for hydroxylation is 1. The number of hydrogen-bond acceptors (Lipinski definition) is 4. The first-order valence-electron chi connectivity index (χ1n) is 8.36. The fourth-order valence-corrected chi connectivity index (χ4v) is 4.00. The lowest BCUT2D eigenvalue weighted by Gasteiger charge is -2.11. The molecule has 0 atom stereocenters. The Morgan fingerprint density at radius 1 is 1.19 bits per heavy atom. The Morgan fingerprint density at radius 3 is 2.74 bits per heavy atom. The van der Waals surface area contributed by atoms with Gasteiger partial charge in [0.2, 0.25) is 0 Å². The zero-order valence-electron chi connectivity index (χ0n) is 14.9. The maximum Gasteiger partial charge on any atom is 0.191 e. The van der Waals surface area contributed by atoms with Gasteiger partial charge in [0.15, 0.2) is 11.0 Å². The Hall–Kier alpha value is -1.95. The maximum atomic E-state index is 6.24. The van der Waals surface area contributed by atoms with Gasteiger partial charge in [-0.3, -0.25) is 4.57 Å². The molecule has 0 saturated carbocycles. The fourth-order valence-electron chi connectivity index (χ4n) is 2.52. The van der Waals surface area contributed by atoms with E-state index in [2.05, 4.69) is 16.8 Å². The Morgan fingerprint density at radius 2 is 2.00 bits per heavy atom. The first-order valence-corrected chi connectivity index (χ1v) is 10.1. The molecular weight excluding hydrogens is 401 g/mol. The quantitative estimate of drug-likeness (QED) is 0.334. The summed E-state index contributed by atoms with van der Waals surface area (Å²) >= 11 is 13.8. The fraction of sp³-hybridized carbons (Fsp3) is 0.200. The molecule has 0 aliphatic carbocycles. The van der Waals surface area contributed by atoms with Gasteiger partial charge in [0.1, 0.15) is 12.4 Å². The SMILES string of the molecule is C=CCn1c(COc2ccc(Cl)cc2C)nnc1SCc1ccccc1Cl. The van der Waals surface area contributed by atoms with Crippen molar-refractivity contribution in [2.75, 3.05) is 0 Å². The van der Waals surface area contributed by atoms with Gasteiger partial charge in [0, 0.05) is 22.3 Å². The predicted octanol–water partition coefficient (Wildman–Crippen LogP) is 5.95. The first-order chi connectivity index (χ1) is 13.1. The van der Waals surface area contributed by atoms with Crippen LogP contribution in [0, 0.1) is 6.92 Å². The monoisotopic (exact) mass is 419 g/mol. The van der Waals surface area contributed by atoms with Crippen molar-refractivity contribution in [3.63, 3.8) is 0 Å². The second-order valence-electron chi connectivity index (χ2n) is 5.88. The molecule has 0 fully saturated rings. The number of ether oxygens (including phenoxy) is 1. The number of rotatable bonds is 8. The molecule has 0 spiro atoms. The van der Waals surface area contributed by atoms with Gasteiger partial charge in [-0.15, -0.1) is 16.8 Å². The highest BCUT2D eigenvalue weighted by Crippen LogP contribution is 2.27. The van der Waals surface area contributed by atoms with Gasteiger partial charge in [0.05, 0.1) is 0 Å². The average molecular weight is 420 g/mol. The number of nitrogens with zero attached hydrogens (tertiary/aromatic N) is 3. The minimum atomic E-state index is 0.315. The number of benzene rings is 2. The van der Waals surface area contributed by atoms with Crippen LogP contribution in [0.4, 0.5) is 0 Å². The molecule has 2 aromatic carbocycles. The molecule has 0 aliphatic rings. The van der Waals surface area contributed by atoms with E-state index in [1.54, 1.807) is 11.8 Å². The van der Waals surface area contributed by atoms with Crippen LogP contribution in [0.2, 0.25) is 10.0 Å². The van der Waals surface area contributed by atoms with E-state index in [1.807, 2.05) is 60.0 Å². The summed E-state index contributed by atoms with van der Waals surface area (Å²) in [6.45, 7) is 6.71. The molecule has 27 heavy (non-hydrogen) atoms. The Kier molecular flexibility index (Phi) is 6.83. The third-order valence-electron chi connectivity index (χ3n) is 3.91. The molecule has 1 aromatic heterocycles. The Bertz CT molecular complexity index is 943. The number of aromatic nitrogens is 3. The second kappa shape index (κ2) is 9.31. The lowest BCUT2D eigenvalue weighted by molar-refractivity contribution is 0.287. The van der Waals surface area contributed by atoms with Gasteiger partial charge in [-0.1, -0.05) is 59.2 Å². The molecule has 0 unspecified atom stereocenters. The molecule has 0 N–H and O–H groups in total. The number of thioether (sulfide) groups is 1. The molecular formula is C20H19Cl2N3OS. The van der Waals surface area contributed by atoms with Gasteiger partial charge in [-0.2, -0.15) is 0 Å². The van der Waals surface area contributed by atoms with Gasteiger partial charge >= 0.3 is 0 Å². The van der Waals surface area contributed by atoms with E-state index in [4.69, 9.17) is 27.9 Å². The molecule has 0 bridgehead atoms. The number of halogens is 2. The summed E-state index contributed by atoms with van der Waals surface area (Å²) in [5, 5.41) is 10.9. The lowest BCUT2D eigenvalue weighted by atomic mass is 10.2. The van der Waals surface area contributed by atoms with Crippen molar-refractivity contribution in [3.8, 4) is 5.75 Å². The third-order valence-corrected chi connectivity index (χ3v) is 5.53. The number of hydrogen-bond donors (Lipinski definition) is 0. The number of allylic oxidation sites excluding steroid dienone is 1. The molecule has 0 amide bonds. The Balaban J connectivity index is 1.72. The van der Waals surface area contributed by atoms with Crippen molar-refractivity contribution < 1.29 is 4.74 Å². The lowest BCUT2D eigenvalue weighted by Crippen LogP contribution is -2.08. The van der Waals surface area contributed by atoms with Crippen molar-refractivity contribution in [2.24, 2.45) is 0 Å². The summed E-state index contributed by atoms with van der Waals surface area (Å²) < 4.78 is 7.91. The molecule has 3 rings (SSSR count). The normalized spacial score (nSPS) is 10.8. The van der Waals surface area contributed by atoms with E-state index in [0.29, 0.717) is 23.9 Å². The largest absolute Gasteiger partial charge is 0.485 e. The second-order valence-corrected chi connectivity index (χ2v) is 7.66. The van der Waals surface area contributed by atoms with Crippen LogP contribution in [-0.2, 0) is 18.9 Å². The van der Waals surface area contributed by atoms with E-state index in [9.17, 15) is 0 Å². The Labute approximate surface area is 173 Å². The highest BCUT2D eigenvalue weighted by Gasteiger charge is 2.13. The zero-order valence-corrected chi connectivity index (χ0v) is 17.2. The van der Waals surface area contributed by atoms with Gasteiger partial charge in [-0.05, 0) is 42.3 Å². The third kappa shape index (κ3) is 5.06. The van der Waals surface area contributed by atoms with Gasteiger partial charge < -0.3 is 4.74 Å². The van der Waals surface area contributed by atoms with Crippen LogP contribution >= 0.6 is 35.0 Å². The maximum absolute atomic E-state index is 6.24. The van der Waals surface area contributed by atoms with Crippen LogP contribution < -0.4 is 4.74 Å². The summed E-state index contributed by atoms with van der Waals surface area (Å²) in [7, 11) is 0. The van der Waals surface area contributed by atoms with Crippen LogP contribution in [0.3, 0.4) is 0 Å². The highest BCUT2D eigenvalue weighted by molar-refractivity contribution is 7.98. The molecule has 7 heteroatoms. The standard InChI is InChI=1S/C20H19Cl2N3OS/c1-3-10-25-19(12-26-18-9-8-16(21)11-14(18)2)23-24-20(25)27-13-15-6-4-5-7-17(15)22/h3-9,11H,1,10,12-13H2,2H3. The van der Waals surface area contributed by atoms with E-state index >= 15 is 0 Å². The van der Waals surface area contributed by atoms with E-state index in [-0.39, 0.29) is 0 Å². The average Bonchev–Trinajstić information content (AvgIpc) is 3.02. The summed E-state index contributed by atoms with van der Waals surface area (Å²) in [6.07, 6.45) is 1.82. The van der Waals surface area contributed by atoms with Gasteiger partial charge in [-0.25, -0.2) is 0 Å². The van der Waals surface area contributed by atoms with Crippen LogP contribution in [-0.4, -0.2) is 14.8 Å². The molecule has 3 aromatic rings. The van der Waals surface area contributed by atoms with Crippen molar-refractivity contribution in [1.82, 2.24) is 14.8 Å². The van der Waals surface area contributed by atoms with E-state index in [1.165, 1.54) is 0 Å². The van der Waals surface area contributed by atoms with E-state index in [0.717, 1.165) is 32.9 Å². The molecule has 0 saturated heterocycles. The van der Waals surface area contributed by atoms with Crippen LogP contribution in [0.5, 0.6) is 5.75 Å².